The Hall–Kier alpha value is -3.84. The van der Waals surface area contributed by atoms with Gasteiger partial charge in [-0.3, -0.25) is 14.4 Å². The van der Waals surface area contributed by atoms with Crippen molar-refractivity contribution in [2.75, 3.05) is 13.1 Å². The molecule has 2 aliphatic rings. The van der Waals surface area contributed by atoms with Gasteiger partial charge in [-0.1, -0.05) is 29.8 Å². The summed E-state index contributed by atoms with van der Waals surface area (Å²) < 4.78 is 2.04. The number of nitrogens with zero attached hydrogens (tertiary/aromatic N) is 5. The van der Waals surface area contributed by atoms with Crippen LogP contribution < -0.4 is 10.6 Å². The minimum Gasteiger partial charge on any atom is -0.353 e. The van der Waals surface area contributed by atoms with Crippen LogP contribution in [-0.4, -0.2) is 50.5 Å². The number of nitrogens with one attached hydrogen (secondary N) is 2. The molecule has 2 aliphatic heterocycles. The van der Waals surface area contributed by atoms with E-state index in [9.17, 15) is 4.79 Å². The minimum atomic E-state index is -0.504. The number of carbonyl (C=O) groups is 1. The van der Waals surface area contributed by atoms with E-state index in [4.69, 9.17) is 16.6 Å². The first-order valence-electron chi connectivity index (χ1n) is 13.3. The van der Waals surface area contributed by atoms with Crippen LogP contribution in [0.2, 0.25) is 5.02 Å². The van der Waals surface area contributed by atoms with Crippen LogP contribution in [0.25, 0.3) is 5.00 Å². The Morgan fingerprint density at radius 2 is 1.93 bits per heavy atom. The third-order valence-electron chi connectivity index (χ3n) is 7.17. The number of piperidine rings is 1. The first-order chi connectivity index (χ1) is 19.5. The molecular weight excluding hydrogens is 542 g/mol. The molecule has 0 spiro atoms. The van der Waals surface area contributed by atoms with Gasteiger partial charge in [-0.25, -0.2) is 4.98 Å². The van der Waals surface area contributed by atoms with Gasteiger partial charge in [-0.2, -0.15) is 0 Å². The number of carbonyl (C=O) groups excluding carboxylic acids is 1. The smallest absolute Gasteiger partial charge is 0.222 e. The van der Waals surface area contributed by atoms with E-state index >= 15 is 0 Å². The molecule has 1 saturated heterocycles. The van der Waals surface area contributed by atoms with E-state index < -0.39 is 6.04 Å². The minimum absolute atomic E-state index is 0.0350. The highest BCUT2D eigenvalue weighted by molar-refractivity contribution is 7.15. The fourth-order valence-corrected chi connectivity index (χ4v) is 6.47. The van der Waals surface area contributed by atoms with Crippen molar-refractivity contribution in [3.8, 4) is 16.8 Å². The van der Waals surface area contributed by atoms with Gasteiger partial charge in [0.1, 0.15) is 22.6 Å². The Balaban J connectivity index is 1.46. The van der Waals surface area contributed by atoms with Crippen LogP contribution in [0.5, 0.6) is 0 Å². The van der Waals surface area contributed by atoms with Crippen molar-refractivity contribution in [1.82, 2.24) is 30.4 Å². The second kappa shape index (κ2) is 11.3. The standard InChI is InChI=1S/C30H28ClN7OS/c1-18-25(11-10-22-5-3-4-14-33-22)40-30-27(18)28(20-6-8-21(31)9-7-20)35-24(29-37-36-19(2)38(29)30)17-26(39)34-23-12-15-32-16-13-23/h3-9,14,23-24,32H,12-13,15-17H2,1-2H3,(H,34,39)/t24-/m0/s1. The van der Waals surface area contributed by atoms with Gasteiger partial charge in [0.2, 0.25) is 5.91 Å². The van der Waals surface area contributed by atoms with Gasteiger partial charge >= 0.3 is 0 Å². The molecule has 3 aromatic heterocycles. The largest absolute Gasteiger partial charge is 0.353 e. The summed E-state index contributed by atoms with van der Waals surface area (Å²) in [5.41, 5.74) is 4.38. The van der Waals surface area contributed by atoms with Gasteiger partial charge in [-0.15, -0.1) is 21.5 Å². The first kappa shape index (κ1) is 26.4. The molecule has 4 aromatic rings. The number of aromatic nitrogens is 4. The second-order valence-corrected chi connectivity index (χ2v) is 11.4. The summed E-state index contributed by atoms with van der Waals surface area (Å²) in [4.78, 5) is 23.7. The molecule has 0 bridgehead atoms. The maximum absolute atomic E-state index is 13.3. The molecule has 1 fully saturated rings. The van der Waals surface area contributed by atoms with E-state index in [1.165, 1.54) is 0 Å². The Morgan fingerprint density at radius 3 is 2.67 bits per heavy atom. The molecule has 5 heterocycles. The van der Waals surface area contributed by atoms with Crippen molar-refractivity contribution in [3.05, 3.63) is 92.6 Å². The summed E-state index contributed by atoms with van der Waals surface area (Å²) in [6.45, 7) is 5.80. The Bertz CT molecular complexity index is 1640. The summed E-state index contributed by atoms with van der Waals surface area (Å²) in [7, 11) is 0. The van der Waals surface area contributed by atoms with Crippen LogP contribution in [-0.2, 0) is 4.79 Å². The number of aryl methyl sites for hydroxylation is 1. The fraction of sp³-hybridized carbons (Fsp3) is 0.300. The third kappa shape index (κ3) is 5.30. The zero-order chi connectivity index (χ0) is 27.6. The molecule has 10 heteroatoms. The van der Waals surface area contributed by atoms with Gasteiger partial charge in [0.05, 0.1) is 17.0 Å². The number of hydrogen-bond acceptors (Lipinski definition) is 7. The lowest BCUT2D eigenvalue weighted by molar-refractivity contribution is -0.122. The van der Waals surface area contributed by atoms with E-state index in [0.717, 1.165) is 64.0 Å². The molecule has 0 unspecified atom stereocenters. The highest BCUT2D eigenvalue weighted by Gasteiger charge is 2.33. The lowest BCUT2D eigenvalue weighted by Crippen LogP contribution is -2.43. The van der Waals surface area contributed by atoms with Crippen LogP contribution in [0.4, 0.5) is 0 Å². The average Bonchev–Trinajstić information content (AvgIpc) is 3.46. The normalized spacial score (nSPS) is 16.7. The number of aliphatic imine (C=N–C) groups is 1. The molecule has 1 aromatic carbocycles. The van der Waals surface area contributed by atoms with E-state index in [0.29, 0.717) is 16.5 Å². The first-order valence-corrected chi connectivity index (χ1v) is 14.5. The summed E-state index contributed by atoms with van der Waals surface area (Å²) in [5.74, 6) is 7.86. The SMILES string of the molecule is Cc1c(C#Cc2ccccn2)sc2c1C(c1ccc(Cl)cc1)=N[C@@H](CC(=O)NC1CCNCC1)c1nnc(C)n1-2. The predicted molar refractivity (Wildman–Crippen MR) is 157 cm³/mol. The highest BCUT2D eigenvalue weighted by Crippen LogP contribution is 2.39. The number of fused-ring (bicyclic) bond motifs is 3. The van der Waals surface area contributed by atoms with Crippen LogP contribution in [0.15, 0.2) is 53.7 Å². The predicted octanol–water partition coefficient (Wildman–Crippen LogP) is 4.54. The van der Waals surface area contributed by atoms with E-state index in [1.54, 1.807) is 17.5 Å². The van der Waals surface area contributed by atoms with E-state index in [1.807, 2.05) is 54.0 Å². The van der Waals surface area contributed by atoms with Crippen LogP contribution in [0.3, 0.4) is 0 Å². The number of amides is 1. The van der Waals surface area contributed by atoms with E-state index in [-0.39, 0.29) is 18.4 Å². The number of benzene rings is 1. The molecule has 0 aliphatic carbocycles. The molecular formula is C30H28ClN7OS. The van der Waals surface area contributed by atoms with E-state index in [2.05, 4.69) is 44.6 Å². The number of pyridine rings is 1. The third-order valence-corrected chi connectivity index (χ3v) is 8.62. The zero-order valence-corrected chi connectivity index (χ0v) is 23.8. The molecule has 0 radical (unpaired) electrons. The topological polar surface area (TPSA) is 97.1 Å². The fourth-order valence-electron chi connectivity index (χ4n) is 5.13. The van der Waals surface area contributed by atoms with Crippen molar-refractivity contribution in [2.45, 2.75) is 45.2 Å². The van der Waals surface area contributed by atoms with Crippen molar-refractivity contribution in [1.29, 1.82) is 0 Å². The average molecular weight is 570 g/mol. The maximum atomic E-state index is 13.3. The van der Waals surface area contributed by atoms with Gasteiger partial charge in [0, 0.05) is 28.4 Å². The van der Waals surface area contributed by atoms with Crippen molar-refractivity contribution in [3.63, 3.8) is 0 Å². The van der Waals surface area contributed by atoms with Crippen molar-refractivity contribution >= 4 is 34.6 Å². The van der Waals surface area contributed by atoms with Gasteiger partial charge < -0.3 is 10.6 Å². The van der Waals surface area contributed by atoms with Crippen molar-refractivity contribution in [2.24, 2.45) is 4.99 Å². The van der Waals surface area contributed by atoms with Gasteiger partial charge in [0.25, 0.3) is 0 Å². The second-order valence-electron chi connectivity index (χ2n) is 9.94. The summed E-state index contributed by atoms with van der Waals surface area (Å²) in [6, 6.07) is 13.0. The summed E-state index contributed by atoms with van der Waals surface area (Å²) in [6.07, 6.45) is 3.76. The number of rotatable bonds is 4. The molecule has 0 saturated carbocycles. The van der Waals surface area contributed by atoms with Crippen LogP contribution >= 0.6 is 22.9 Å². The zero-order valence-electron chi connectivity index (χ0n) is 22.2. The van der Waals surface area contributed by atoms with Crippen LogP contribution in [0, 0.1) is 25.7 Å². The maximum Gasteiger partial charge on any atom is 0.222 e. The molecule has 202 valence electrons. The highest BCUT2D eigenvalue weighted by atomic mass is 35.5. The molecule has 1 atom stereocenters. The lowest BCUT2D eigenvalue weighted by Gasteiger charge is -2.24. The monoisotopic (exact) mass is 569 g/mol. The van der Waals surface area contributed by atoms with Gasteiger partial charge in [0.15, 0.2) is 5.82 Å². The number of hydrogen-bond donors (Lipinski definition) is 2. The number of halogens is 1. The summed E-state index contributed by atoms with van der Waals surface area (Å²) >= 11 is 7.82. The molecule has 1 amide bonds. The molecule has 8 nitrogen and oxygen atoms in total. The Labute approximate surface area is 241 Å². The summed E-state index contributed by atoms with van der Waals surface area (Å²) in [5, 5.41) is 17.1. The lowest BCUT2D eigenvalue weighted by atomic mass is 9.99. The van der Waals surface area contributed by atoms with Crippen LogP contribution in [0.1, 0.15) is 64.2 Å². The Morgan fingerprint density at radius 1 is 1.12 bits per heavy atom. The van der Waals surface area contributed by atoms with Crippen molar-refractivity contribution < 1.29 is 4.79 Å². The molecule has 40 heavy (non-hydrogen) atoms. The molecule has 2 N–H and O–H groups in total. The quantitative estimate of drug-likeness (QED) is 0.352. The Kier molecular flexibility index (Phi) is 7.48. The molecule has 6 rings (SSSR count). The van der Waals surface area contributed by atoms with Gasteiger partial charge in [-0.05, 0) is 81.4 Å². The number of thiophene rings is 1.